The smallest absolute Gasteiger partial charge is 0.251 e. The van der Waals surface area contributed by atoms with Crippen LogP contribution < -0.4 is 5.32 Å². The third kappa shape index (κ3) is 2.76. The summed E-state index contributed by atoms with van der Waals surface area (Å²) in [4.78, 5) is 16.1. The maximum Gasteiger partial charge on any atom is 0.251 e. The van der Waals surface area contributed by atoms with Crippen molar-refractivity contribution in [1.29, 1.82) is 0 Å². The summed E-state index contributed by atoms with van der Waals surface area (Å²) in [6, 6.07) is 6.68. The van der Waals surface area contributed by atoms with Gasteiger partial charge in [-0.25, -0.2) is 4.98 Å². The van der Waals surface area contributed by atoms with Crippen molar-refractivity contribution in [2.75, 3.05) is 0 Å². The molecule has 9 heteroatoms. The van der Waals surface area contributed by atoms with Gasteiger partial charge in [-0.2, -0.15) is 10.3 Å². The molecule has 0 radical (unpaired) electrons. The molecule has 1 aromatic carbocycles. The molecular weight excluding hydrogens is 272 g/mol. The fourth-order valence-electron chi connectivity index (χ4n) is 1.83. The Morgan fingerprint density at radius 2 is 2.10 bits per heavy atom. The summed E-state index contributed by atoms with van der Waals surface area (Å²) in [7, 11) is 0. The van der Waals surface area contributed by atoms with E-state index in [0.29, 0.717) is 17.2 Å². The van der Waals surface area contributed by atoms with E-state index in [1.165, 1.54) is 6.33 Å². The highest BCUT2D eigenvalue weighted by Crippen LogP contribution is 2.14. The first-order valence-corrected chi connectivity index (χ1v) is 6.24. The molecule has 0 aliphatic heterocycles. The first-order valence-electron chi connectivity index (χ1n) is 6.24. The van der Waals surface area contributed by atoms with Crippen molar-refractivity contribution in [3.8, 4) is 11.4 Å². The number of nitrogens with one attached hydrogen (secondary N) is 3. The molecule has 3 aromatic rings. The lowest BCUT2D eigenvalue weighted by molar-refractivity contribution is 0.0938. The maximum absolute atomic E-state index is 12.1. The van der Waals surface area contributed by atoms with Crippen LogP contribution in [0.3, 0.4) is 0 Å². The number of benzene rings is 1. The number of nitrogens with zero attached hydrogens (tertiary/aromatic N) is 5. The number of rotatable bonds is 4. The predicted molar refractivity (Wildman–Crippen MR) is 71.9 cm³/mol. The van der Waals surface area contributed by atoms with Gasteiger partial charge in [0, 0.05) is 11.1 Å². The van der Waals surface area contributed by atoms with Crippen LogP contribution in [0.25, 0.3) is 11.4 Å². The molecule has 1 atom stereocenters. The van der Waals surface area contributed by atoms with Gasteiger partial charge in [-0.1, -0.05) is 12.1 Å². The molecule has 0 fully saturated rings. The van der Waals surface area contributed by atoms with E-state index in [9.17, 15) is 4.79 Å². The van der Waals surface area contributed by atoms with E-state index >= 15 is 0 Å². The molecule has 1 amide bonds. The lowest BCUT2D eigenvalue weighted by Crippen LogP contribution is -2.27. The number of tetrazole rings is 1. The molecule has 3 rings (SSSR count). The molecular formula is C12H12N8O. The minimum Gasteiger partial charge on any atom is -0.342 e. The van der Waals surface area contributed by atoms with E-state index < -0.39 is 0 Å². The van der Waals surface area contributed by atoms with E-state index in [-0.39, 0.29) is 11.9 Å². The zero-order chi connectivity index (χ0) is 14.7. The molecule has 0 bridgehead atoms. The second-order valence-electron chi connectivity index (χ2n) is 4.38. The van der Waals surface area contributed by atoms with Crippen LogP contribution in [0.2, 0.25) is 0 Å². The predicted octanol–water partition coefficient (Wildman–Crippen LogP) is 0.476. The third-order valence-corrected chi connectivity index (χ3v) is 2.94. The Hall–Kier alpha value is -3.10. The second kappa shape index (κ2) is 5.49. The van der Waals surface area contributed by atoms with Crippen LogP contribution in [0, 0.1) is 0 Å². The summed E-state index contributed by atoms with van der Waals surface area (Å²) in [5.41, 5.74) is 1.32. The minimum atomic E-state index is -0.253. The van der Waals surface area contributed by atoms with Crippen LogP contribution in [0.5, 0.6) is 0 Å². The van der Waals surface area contributed by atoms with Crippen molar-refractivity contribution < 1.29 is 4.79 Å². The van der Waals surface area contributed by atoms with Crippen LogP contribution >= 0.6 is 0 Å². The lowest BCUT2D eigenvalue weighted by atomic mass is 10.1. The van der Waals surface area contributed by atoms with Gasteiger partial charge in [0.15, 0.2) is 0 Å². The van der Waals surface area contributed by atoms with Gasteiger partial charge in [0.2, 0.25) is 5.82 Å². The summed E-state index contributed by atoms with van der Waals surface area (Å²) in [5.74, 6) is 0.891. The van der Waals surface area contributed by atoms with Crippen molar-refractivity contribution in [3.63, 3.8) is 0 Å². The molecule has 2 aromatic heterocycles. The van der Waals surface area contributed by atoms with Gasteiger partial charge < -0.3 is 5.32 Å². The van der Waals surface area contributed by atoms with Gasteiger partial charge in [0.05, 0.1) is 6.04 Å². The van der Waals surface area contributed by atoms with Crippen molar-refractivity contribution in [2.24, 2.45) is 0 Å². The van der Waals surface area contributed by atoms with E-state index in [2.05, 4.69) is 41.1 Å². The fraction of sp³-hybridized carbons (Fsp3) is 0.167. The van der Waals surface area contributed by atoms with Gasteiger partial charge in [-0.3, -0.25) is 9.89 Å². The van der Waals surface area contributed by atoms with Crippen LogP contribution in [0.4, 0.5) is 0 Å². The number of aromatic nitrogens is 7. The molecule has 1 unspecified atom stereocenters. The molecule has 9 nitrogen and oxygen atoms in total. The van der Waals surface area contributed by atoms with Gasteiger partial charge in [-0.15, -0.1) is 10.2 Å². The van der Waals surface area contributed by atoms with Crippen LogP contribution in [-0.4, -0.2) is 41.7 Å². The largest absolute Gasteiger partial charge is 0.342 e. The average Bonchev–Trinajstić information content (AvgIpc) is 3.20. The number of H-pyrrole nitrogens is 2. The zero-order valence-corrected chi connectivity index (χ0v) is 11.1. The molecule has 106 valence electrons. The first-order chi connectivity index (χ1) is 10.2. The highest BCUT2D eigenvalue weighted by Gasteiger charge is 2.13. The maximum atomic E-state index is 12.1. The highest BCUT2D eigenvalue weighted by atomic mass is 16.1. The summed E-state index contributed by atoms with van der Waals surface area (Å²) < 4.78 is 0. The molecule has 0 spiro atoms. The van der Waals surface area contributed by atoms with Crippen molar-refractivity contribution in [3.05, 3.63) is 42.0 Å². The van der Waals surface area contributed by atoms with E-state index in [1.54, 1.807) is 24.3 Å². The number of carbonyl (C=O) groups is 1. The number of carbonyl (C=O) groups excluding carboxylic acids is 1. The zero-order valence-electron chi connectivity index (χ0n) is 11.1. The molecule has 3 N–H and O–H groups in total. The Kier molecular flexibility index (Phi) is 3.37. The SMILES string of the molecule is CC(NC(=O)c1ccc(-c2nn[nH]n2)cc1)c1ncn[nH]1. The molecule has 2 heterocycles. The molecule has 0 aliphatic rings. The normalized spacial score (nSPS) is 12.0. The molecule has 0 aliphatic carbocycles. The van der Waals surface area contributed by atoms with Gasteiger partial charge in [-0.05, 0) is 24.3 Å². The number of amides is 1. The van der Waals surface area contributed by atoms with E-state index in [1.807, 2.05) is 6.92 Å². The van der Waals surface area contributed by atoms with Crippen molar-refractivity contribution in [2.45, 2.75) is 13.0 Å². The van der Waals surface area contributed by atoms with Crippen LogP contribution in [0.1, 0.15) is 29.1 Å². The fourth-order valence-corrected chi connectivity index (χ4v) is 1.83. The van der Waals surface area contributed by atoms with Crippen LogP contribution in [-0.2, 0) is 0 Å². The molecule has 0 saturated heterocycles. The Labute approximate surface area is 119 Å². The van der Waals surface area contributed by atoms with Gasteiger partial charge >= 0.3 is 0 Å². The van der Waals surface area contributed by atoms with E-state index in [4.69, 9.17) is 0 Å². The van der Waals surface area contributed by atoms with E-state index in [0.717, 1.165) is 5.56 Å². The molecule has 0 saturated carbocycles. The Morgan fingerprint density at radius 3 is 2.71 bits per heavy atom. The van der Waals surface area contributed by atoms with Crippen LogP contribution in [0.15, 0.2) is 30.6 Å². The van der Waals surface area contributed by atoms with Crippen molar-refractivity contribution in [1.82, 2.24) is 41.1 Å². The summed E-state index contributed by atoms with van der Waals surface area (Å²) in [5, 5.41) is 22.9. The number of hydrogen-bond donors (Lipinski definition) is 3. The quantitative estimate of drug-likeness (QED) is 0.639. The number of aromatic amines is 2. The van der Waals surface area contributed by atoms with Crippen molar-refractivity contribution >= 4 is 5.91 Å². The Morgan fingerprint density at radius 1 is 1.29 bits per heavy atom. The highest BCUT2D eigenvalue weighted by molar-refractivity contribution is 5.94. The Bertz CT molecular complexity index is 704. The standard InChI is InChI=1S/C12H12N8O/c1-7(10-13-6-14-16-10)15-12(21)9-4-2-8(3-5-9)11-17-19-20-18-11/h2-7H,1H3,(H,15,21)(H,13,14,16)(H,17,18,19,20). The minimum absolute atomic E-state index is 0.196. The average molecular weight is 284 g/mol. The third-order valence-electron chi connectivity index (χ3n) is 2.94. The topological polar surface area (TPSA) is 125 Å². The second-order valence-corrected chi connectivity index (χ2v) is 4.38. The summed E-state index contributed by atoms with van der Waals surface area (Å²) in [6.45, 7) is 1.83. The summed E-state index contributed by atoms with van der Waals surface area (Å²) in [6.07, 6.45) is 1.40. The van der Waals surface area contributed by atoms with Gasteiger partial charge in [0.25, 0.3) is 5.91 Å². The molecule has 21 heavy (non-hydrogen) atoms. The summed E-state index contributed by atoms with van der Waals surface area (Å²) >= 11 is 0. The van der Waals surface area contributed by atoms with Gasteiger partial charge in [0.1, 0.15) is 12.2 Å². The monoisotopic (exact) mass is 284 g/mol. The Balaban J connectivity index is 1.70. The lowest BCUT2D eigenvalue weighted by Gasteiger charge is -2.11. The first kappa shape index (κ1) is 12.9. The number of hydrogen-bond acceptors (Lipinski definition) is 6.